The number of carbonyl (C=O) groups is 2. The SMILES string of the molecule is COc1ccccc1OCC(=O)NNC(=O)Cn1nc(C)cc1C. The highest BCUT2D eigenvalue weighted by Crippen LogP contribution is 2.25. The molecule has 0 atom stereocenters. The number of ether oxygens (including phenoxy) is 2. The molecule has 0 aliphatic heterocycles. The number of hydrogen-bond donors (Lipinski definition) is 2. The number of carbonyl (C=O) groups excluding carboxylic acids is 2. The average Bonchev–Trinajstić information content (AvgIpc) is 2.88. The van der Waals surface area contributed by atoms with Crippen LogP contribution in [-0.2, 0) is 16.1 Å². The molecule has 2 rings (SSSR count). The van der Waals surface area contributed by atoms with Gasteiger partial charge in [0.1, 0.15) is 6.54 Å². The zero-order valence-corrected chi connectivity index (χ0v) is 13.8. The molecule has 0 fully saturated rings. The molecule has 0 aliphatic rings. The number of para-hydroxylation sites is 2. The summed E-state index contributed by atoms with van der Waals surface area (Å²) in [7, 11) is 1.52. The third kappa shape index (κ3) is 4.73. The molecular formula is C16H20N4O4. The van der Waals surface area contributed by atoms with Gasteiger partial charge in [0.2, 0.25) is 0 Å². The number of methoxy groups -OCH3 is 1. The van der Waals surface area contributed by atoms with Crippen molar-refractivity contribution in [1.29, 1.82) is 0 Å². The third-order valence-corrected chi connectivity index (χ3v) is 3.17. The topological polar surface area (TPSA) is 94.5 Å². The van der Waals surface area contributed by atoms with E-state index >= 15 is 0 Å². The molecule has 128 valence electrons. The zero-order valence-electron chi connectivity index (χ0n) is 13.8. The summed E-state index contributed by atoms with van der Waals surface area (Å²) in [6.07, 6.45) is 0. The van der Waals surface area contributed by atoms with E-state index in [2.05, 4.69) is 16.0 Å². The molecule has 2 N–H and O–H groups in total. The smallest absolute Gasteiger partial charge is 0.276 e. The summed E-state index contributed by atoms with van der Waals surface area (Å²) in [5.41, 5.74) is 6.31. The van der Waals surface area contributed by atoms with Gasteiger partial charge in [0.15, 0.2) is 18.1 Å². The molecule has 2 amide bonds. The highest BCUT2D eigenvalue weighted by molar-refractivity contribution is 5.82. The van der Waals surface area contributed by atoms with E-state index in [-0.39, 0.29) is 19.1 Å². The Hall–Kier alpha value is -3.03. The van der Waals surface area contributed by atoms with Gasteiger partial charge in [-0.2, -0.15) is 5.10 Å². The Balaban J connectivity index is 1.76. The average molecular weight is 332 g/mol. The maximum Gasteiger partial charge on any atom is 0.276 e. The molecule has 0 radical (unpaired) electrons. The van der Waals surface area contributed by atoms with Gasteiger partial charge in [-0.1, -0.05) is 12.1 Å². The summed E-state index contributed by atoms with van der Waals surface area (Å²) >= 11 is 0. The fourth-order valence-electron chi connectivity index (χ4n) is 2.07. The molecule has 2 aromatic rings. The van der Waals surface area contributed by atoms with Crippen LogP contribution in [0.2, 0.25) is 0 Å². The number of nitrogens with one attached hydrogen (secondary N) is 2. The first-order valence-corrected chi connectivity index (χ1v) is 7.34. The summed E-state index contributed by atoms with van der Waals surface area (Å²) < 4.78 is 12.0. The van der Waals surface area contributed by atoms with E-state index < -0.39 is 5.91 Å². The van der Waals surface area contributed by atoms with E-state index in [1.807, 2.05) is 19.9 Å². The first kappa shape index (κ1) is 17.3. The summed E-state index contributed by atoms with van der Waals surface area (Å²) in [5, 5.41) is 4.18. The summed E-state index contributed by atoms with van der Waals surface area (Å²) in [4.78, 5) is 23.5. The van der Waals surface area contributed by atoms with Crippen molar-refractivity contribution in [1.82, 2.24) is 20.6 Å². The Bertz CT molecular complexity index is 727. The standard InChI is InChI=1S/C16H20N4O4/c1-11-8-12(2)20(19-11)9-15(21)17-18-16(22)10-24-14-7-5-4-6-13(14)23-3/h4-8H,9-10H2,1-3H3,(H,17,21)(H,18,22). The van der Waals surface area contributed by atoms with Gasteiger partial charge >= 0.3 is 0 Å². The maximum atomic E-state index is 11.8. The number of hydrazine groups is 1. The van der Waals surface area contributed by atoms with Crippen molar-refractivity contribution in [3.8, 4) is 11.5 Å². The quantitative estimate of drug-likeness (QED) is 0.761. The van der Waals surface area contributed by atoms with E-state index in [1.54, 1.807) is 28.9 Å². The molecule has 0 saturated carbocycles. The van der Waals surface area contributed by atoms with E-state index in [0.29, 0.717) is 11.5 Å². The van der Waals surface area contributed by atoms with E-state index in [4.69, 9.17) is 9.47 Å². The van der Waals surface area contributed by atoms with E-state index in [1.165, 1.54) is 7.11 Å². The van der Waals surface area contributed by atoms with Crippen molar-refractivity contribution in [3.05, 3.63) is 41.7 Å². The summed E-state index contributed by atoms with van der Waals surface area (Å²) in [5.74, 6) is 0.109. The maximum absolute atomic E-state index is 11.8. The van der Waals surface area contributed by atoms with Crippen molar-refractivity contribution in [2.24, 2.45) is 0 Å². The van der Waals surface area contributed by atoms with E-state index in [9.17, 15) is 9.59 Å². The van der Waals surface area contributed by atoms with Crippen LogP contribution in [0.1, 0.15) is 11.4 Å². The Morgan fingerprint density at radius 2 is 1.79 bits per heavy atom. The molecule has 0 unspecified atom stereocenters. The number of aromatic nitrogens is 2. The second-order valence-electron chi connectivity index (χ2n) is 5.12. The van der Waals surface area contributed by atoms with Gasteiger partial charge in [0, 0.05) is 5.69 Å². The van der Waals surface area contributed by atoms with Gasteiger partial charge in [-0.15, -0.1) is 0 Å². The second-order valence-corrected chi connectivity index (χ2v) is 5.12. The minimum atomic E-state index is -0.484. The Kier molecular flexibility index (Phi) is 5.78. The van der Waals surface area contributed by atoms with E-state index in [0.717, 1.165) is 11.4 Å². The molecule has 0 saturated heterocycles. The van der Waals surface area contributed by atoms with Gasteiger partial charge < -0.3 is 9.47 Å². The van der Waals surface area contributed by atoms with Crippen molar-refractivity contribution < 1.29 is 19.1 Å². The van der Waals surface area contributed by atoms with Gasteiger partial charge in [-0.25, -0.2) is 0 Å². The lowest BCUT2D eigenvalue weighted by atomic mass is 10.3. The molecule has 8 heteroatoms. The molecule has 1 aromatic carbocycles. The van der Waals surface area contributed by atoms with Gasteiger partial charge in [-0.05, 0) is 32.0 Å². The van der Waals surface area contributed by atoms with Crippen molar-refractivity contribution in [3.63, 3.8) is 0 Å². The van der Waals surface area contributed by atoms with Gasteiger partial charge in [-0.3, -0.25) is 25.1 Å². The summed E-state index contributed by atoms with van der Waals surface area (Å²) in [6.45, 7) is 3.47. The van der Waals surface area contributed by atoms with Crippen LogP contribution in [0.3, 0.4) is 0 Å². The number of nitrogens with zero attached hydrogens (tertiary/aromatic N) is 2. The predicted octanol–water partition coefficient (Wildman–Crippen LogP) is 0.735. The van der Waals surface area contributed by atoms with Crippen LogP contribution in [-0.4, -0.2) is 35.3 Å². The molecule has 0 spiro atoms. The van der Waals surface area contributed by atoms with Crippen LogP contribution in [0, 0.1) is 13.8 Å². The van der Waals surface area contributed by atoms with Crippen LogP contribution in [0.4, 0.5) is 0 Å². The van der Waals surface area contributed by atoms with Gasteiger partial charge in [0.25, 0.3) is 11.8 Å². The van der Waals surface area contributed by atoms with Crippen LogP contribution in [0.5, 0.6) is 11.5 Å². The number of benzene rings is 1. The Labute approximate surface area is 139 Å². The zero-order chi connectivity index (χ0) is 17.5. The number of rotatable bonds is 6. The Morgan fingerprint density at radius 3 is 2.42 bits per heavy atom. The highest BCUT2D eigenvalue weighted by atomic mass is 16.5. The van der Waals surface area contributed by atoms with Crippen LogP contribution in [0.25, 0.3) is 0 Å². The molecule has 24 heavy (non-hydrogen) atoms. The molecule has 0 bridgehead atoms. The largest absolute Gasteiger partial charge is 0.493 e. The summed E-state index contributed by atoms with van der Waals surface area (Å²) in [6, 6.07) is 8.85. The lowest BCUT2D eigenvalue weighted by molar-refractivity contribution is -0.130. The predicted molar refractivity (Wildman–Crippen MR) is 86.5 cm³/mol. The fraction of sp³-hybridized carbons (Fsp3) is 0.312. The monoisotopic (exact) mass is 332 g/mol. The molecular weight excluding hydrogens is 312 g/mol. The highest BCUT2D eigenvalue weighted by Gasteiger charge is 2.10. The Morgan fingerprint density at radius 1 is 1.12 bits per heavy atom. The first-order chi connectivity index (χ1) is 11.5. The van der Waals surface area contributed by atoms with Crippen molar-refractivity contribution in [2.75, 3.05) is 13.7 Å². The minimum absolute atomic E-state index is 0.0211. The second kappa shape index (κ2) is 8.00. The fourth-order valence-corrected chi connectivity index (χ4v) is 2.07. The number of amides is 2. The van der Waals surface area contributed by atoms with Crippen LogP contribution >= 0.6 is 0 Å². The van der Waals surface area contributed by atoms with Crippen LogP contribution in [0.15, 0.2) is 30.3 Å². The molecule has 1 heterocycles. The number of hydrogen-bond acceptors (Lipinski definition) is 5. The molecule has 0 aliphatic carbocycles. The normalized spacial score (nSPS) is 10.1. The number of aryl methyl sites for hydroxylation is 2. The lowest BCUT2D eigenvalue weighted by Crippen LogP contribution is -2.45. The third-order valence-electron chi connectivity index (χ3n) is 3.17. The van der Waals surface area contributed by atoms with Crippen molar-refractivity contribution >= 4 is 11.8 Å². The van der Waals surface area contributed by atoms with Gasteiger partial charge in [0.05, 0.1) is 12.8 Å². The molecule has 1 aromatic heterocycles. The van der Waals surface area contributed by atoms with Crippen molar-refractivity contribution in [2.45, 2.75) is 20.4 Å². The lowest BCUT2D eigenvalue weighted by Gasteiger charge is -2.11. The molecule has 8 nitrogen and oxygen atoms in total. The van der Waals surface area contributed by atoms with Crippen LogP contribution < -0.4 is 20.3 Å². The first-order valence-electron chi connectivity index (χ1n) is 7.34. The minimum Gasteiger partial charge on any atom is -0.493 e.